The molecule has 0 heterocycles. The Labute approximate surface area is 112 Å². The summed E-state index contributed by atoms with van der Waals surface area (Å²) in [6.07, 6.45) is 1.17. The van der Waals surface area contributed by atoms with Crippen molar-refractivity contribution in [2.75, 3.05) is 12.0 Å². The van der Waals surface area contributed by atoms with Gasteiger partial charge in [0, 0.05) is 6.26 Å². The predicted octanol–water partition coefficient (Wildman–Crippen LogP) is 2.77. The molecule has 2 rings (SSSR count). The Balaban J connectivity index is 2.27. The van der Waals surface area contributed by atoms with Crippen LogP contribution in [0, 0.1) is 6.92 Å². The number of nitrogens with two attached hydrogens (primary N) is 1. The van der Waals surface area contributed by atoms with Crippen molar-refractivity contribution in [2.24, 2.45) is 0 Å². The van der Waals surface area contributed by atoms with Crippen LogP contribution in [-0.2, 0) is 9.84 Å². The van der Waals surface area contributed by atoms with Crippen LogP contribution >= 0.6 is 0 Å². The number of hydrogen-bond acceptors (Lipinski definition) is 4. The molecular weight excluding hydrogens is 262 g/mol. The van der Waals surface area contributed by atoms with E-state index in [1.165, 1.54) is 18.4 Å². The maximum atomic E-state index is 11.3. The number of nitrogen functional groups attached to an aromatic ring is 1. The SMILES string of the molecule is Cc1ccc(N)c(Oc2ccc(S(C)(=O)=O)cc2)c1. The van der Waals surface area contributed by atoms with Crippen molar-refractivity contribution in [3.05, 3.63) is 48.0 Å². The fourth-order valence-electron chi connectivity index (χ4n) is 1.61. The van der Waals surface area contributed by atoms with E-state index in [1.807, 2.05) is 19.1 Å². The Morgan fingerprint density at radius 1 is 1.05 bits per heavy atom. The third kappa shape index (κ3) is 3.26. The topological polar surface area (TPSA) is 69.4 Å². The number of ether oxygens (including phenoxy) is 1. The molecule has 0 spiro atoms. The van der Waals surface area contributed by atoms with Crippen molar-refractivity contribution in [2.45, 2.75) is 11.8 Å². The fraction of sp³-hybridized carbons (Fsp3) is 0.143. The lowest BCUT2D eigenvalue weighted by Gasteiger charge is -2.09. The number of hydrogen-bond donors (Lipinski definition) is 1. The zero-order chi connectivity index (χ0) is 14.0. The first-order valence-electron chi connectivity index (χ1n) is 5.70. The summed E-state index contributed by atoms with van der Waals surface area (Å²) < 4.78 is 28.3. The van der Waals surface area contributed by atoms with Gasteiger partial charge in [-0.2, -0.15) is 0 Å². The third-order valence-electron chi connectivity index (χ3n) is 2.65. The minimum Gasteiger partial charge on any atom is -0.455 e. The average Bonchev–Trinajstić information content (AvgIpc) is 2.33. The molecule has 0 atom stereocenters. The maximum Gasteiger partial charge on any atom is 0.175 e. The van der Waals surface area contributed by atoms with Crippen molar-refractivity contribution < 1.29 is 13.2 Å². The van der Waals surface area contributed by atoms with Crippen molar-refractivity contribution in [1.82, 2.24) is 0 Å². The summed E-state index contributed by atoms with van der Waals surface area (Å²) in [6, 6.07) is 11.7. The third-order valence-corrected chi connectivity index (χ3v) is 3.78. The smallest absolute Gasteiger partial charge is 0.175 e. The summed E-state index contributed by atoms with van der Waals surface area (Å²) in [6.45, 7) is 1.94. The van der Waals surface area contributed by atoms with Gasteiger partial charge in [0.25, 0.3) is 0 Å². The second-order valence-corrected chi connectivity index (χ2v) is 6.40. The standard InChI is InChI=1S/C14H15NO3S/c1-10-3-8-13(15)14(9-10)18-11-4-6-12(7-5-11)19(2,16)17/h3-9H,15H2,1-2H3. The summed E-state index contributed by atoms with van der Waals surface area (Å²) >= 11 is 0. The summed E-state index contributed by atoms with van der Waals surface area (Å²) in [5.41, 5.74) is 7.39. The van der Waals surface area contributed by atoms with Crippen LogP contribution in [0.2, 0.25) is 0 Å². The molecule has 0 fully saturated rings. The van der Waals surface area contributed by atoms with Crippen LogP contribution in [0.15, 0.2) is 47.4 Å². The van der Waals surface area contributed by atoms with E-state index in [0.29, 0.717) is 17.2 Å². The molecule has 0 amide bonds. The molecule has 0 radical (unpaired) electrons. The maximum absolute atomic E-state index is 11.3. The van der Waals surface area contributed by atoms with E-state index in [4.69, 9.17) is 10.5 Å². The lowest BCUT2D eigenvalue weighted by molar-refractivity contribution is 0.484. The Morgan fingerprint density at radius 3 is 2.26 bits per heavy atom. The molecule has 0 saturated carbocycles. The van der Waals surface area contributed by atoms with Crippen molar-refractivity contribution in [3.63, 3.8) is 0 Å². The van der Waals surface area contributed by atoms with Gasteiger partial charge in [0.15, 0.2) is 15.6 Å². The number of benzene rings is 2. The number of aryl methyl sites for hydroxylation is 1. The van der Waals surface area contributed by atoms with Crippen LogP contribution in [0.5, 0.6) is 11.5 Å². The minimum atomic E-state index is -3.19. The first-order valence-corrected chi connectivity index (χ1v) is 7.59. The molecular formula is C14H15NO3S. The van der Waals surface area contributed by atoms with Crippen LogP contribution in [0.25, 0.3) is 0 Å². The first kappa shape index (κ1) is 13.4. The molecule has 0 saturated heterocycles. The highest BCUT2D eigenvalue weighted by molar-refractivity contribution is 7.90. The van der Waals surface area contributed by atoms with Crippen LogP contribution in [-0.4, -0.2) is 14.7 Å². The lowest BCUT2D eigenvalue weighted by Crippen LogP contribution is -1.97. The normalized spacial score (nSPS) is 11.3. The number of rotatable bonds is 3. The van der Waals surface area contributed by atoms with E-state index in [0.717, 1.165) is 5.56 Å². The first-order chi connectivity index (χ1) is 8.86. The highest BCUT2D eigenvalue weighted by Gasteiger charge is 2.07. The molecule has 5 heteroatoms. The van der Waals surface area contributed by atoms with Gasteiger partial charge in [-0.05, 0) is 48.9 Å². The van der Waals surface area contributed by atoms with Crippen LogP contribution < -0.4 is 10.5 Å². The minimum absolute atomic E-state index is 0.261. The largest absolute Gasteiger partial charge is 0.455 e. The predicted molar refractivity (Wildman–Crippen MR) is 75.2 cm³/mol. The number of sulfone groups is 1. The quantitative estimate of drug-likeness (QED) is 0.876. The second kappa shape index (κ2) is 4.93. The lowest BCUT2D eigenvalue weighted by atomic mass is 10.2. The van der Waals surface area contributed by atoms with Gasteiger partial charge in [0.2, 0.25) is 0 Å². The molecule has 0 aliphatic heterocycles. The molecule has 4 nitrogen and oxygen atoms in total. The van der Waals surface area contributed by atoms with Gasteiger partial charge in [-0.15, -0.1) is 0 Å². The Hall–Kier alpha value is -2.01. The van der Waals surface area contributed by atoms with Gasteiger partial charge in [-0.1, -0.05) is 6.07 Å². The summed E-state index contributed by atoms with van der Waals surface area (Å²) in [4.78, 5) is 0.261. The van der Waals surface area contributed by atoms with Gasteiger partial charge in [0.1, 0.15) is 5.75 Å². The van der Waals surface area contributed by atoms with Crippen LogP contribution in [0.1, 0.15) is 5.56 Å². The average molecular weight is 277 g/mol. The molecule has 0 aromatic heterocycles. The Bertz CT molecular complexity index is 691. The molecule has 2 aromatic carbocycles. The molecule has 2 aromatic rings. The van der Waals surface area contributed by atoms with E-state index in [9.17, 15) is 8.42 Å². The Morgan fingerprint density at radius 2 is 1.68 bits per heavy atom. The second-order valence-electron chi connectivity index (χ2n) is 4.39. The molecule has 100 valence electrons. The molecule has 0 bridgehead atoms. The molecule has 2 N–H and O–H groups in total. The summed E-state index contributed by atoms with van der Waals surface area (Å²) in [7, 11) is -3.19. The van der Waals surface area contributed by atoms with E-state index in [1.54, 1.807) is 18.2 Å². The highest BCUT2D eigenvalue weighted by Crippen LogP contribution is 2.28. The molecule has 0 unspecified atom stereocenters. The van der Waals surface area contributed by atoms with E-state index < -0.39 is 9.84 Å². The van der Waals surface area contributed by atoms with Gasteiger partial charge in [-0.25, -0.2) is 8.42 Å². The summed E-state index contributed by atoms with van der Waals surface area (Å²) in [5, 5.41) is 0. The van der Waals surface area contributed by atoms with E-state index in [2.05, 4.69) is 0 Å². The van der Waals surface area contributed by atoms with Crippen molar-refractivity contribution in [3.8, 4) is 11.5 Å². The fourth-order valence-corrected chi connectivity index (χ4v) is 2.24. The molecule has 0 aliphatic carbocycles. The van der Waals surface area contributed by atoms with Gasteiger partial charge in [0.05, 0.1) is 10.6 Å². The summed E-state index contributed by atoms with van der Waals surface area (Å²) in [5.74, 6) is 1.11. The van der Waals surface area contributed by atoms with Gasteiger partial charge >= 0.3 is 0 Å². The monoisotopic (exact) mass is 277 g/mol. The highest BCUT2D eigenvalue weighted by atomic mass is 32.2. The number of anilines is 1. The molecule has 19 heavy (non-hydrogen) atoms. The zero-order valence-electron chi connectivity index (χ0n) is 10.8. The van der Waals surface area contributed by atoms with Gasteiger partial charge in [-0.3, -0.25) is 0 Å². The van der Waals surface area contributed by atoms with E-state index >= 15 is 0 Å². The van der Waals surface area contributed by atoms with Crippen molar-refractivity contribution >= 4 is 15.5 Å². The Kier molecular flexibility index (Phi) is 3.48. The van der Waals surface area contributed by atoms with E-state index in [-0.39, 0.29) is 4.90 Å². The van der Waals surface area contributed by atoms with Crippen LogP contribution in [0.4, 0.5) is 5.69 Å². The molecule has 0 aliphatic rings. The van der Waals surface area contributed by atoms with Crippen LogP contribution in [0.3, 0.4) is 0 Å². The van der Waals surface area contributed by atoms with Gasteiger partial charge < -0.3 is 10.5 Å². The van der Waals surface area contributed by atoms with Crippen molar-refractivity contribution in [1.29, 1.82) is 0 Å². The zero-order valence-corrected chi connectivity index (χ0v) is 11.6.